The number of fused-ring (bicyclic) bond motifs is 5. The molecule has 2 fully saturated rings. The van der Waals surface area contributed by atoms with Gasteiger partial charge in [-0.3, -0.25) is 19.4 Å². The lowest BCUT2D eigenvalue weighted by atomic mass is 10.1. The van der Waals surface area contributed by atoms with E-state index in [0.29, 0.717) is 49.9 Å². The third-order valence-electron chi connectivity index (χ3n) is 6.65. The average molecular weight is 497 g/mol. The van der Waals surface area contributed by atoms with E-state index in [9.17, 15) is 9.59 Å². The number of carbonyl (C=O) groups excluding carboxylic acids is 1. The highest BCUT2D eigenvalue weighted by atomic mass is 32.1. The molecule has 11 heteroatoms. The quantitative estimate of drug-likeness (QED) is 0.464. The van der Waals surface area contributed by atoms with Crippen molar-refractivity contribution in [2.24, 2.45) is 0 Å². The van der Waals surface area contributed by atoms with Crippen LogP contribution in [0.5, 0.6) is 0 Å². The molecule has 0 spiro atoms. The molecule has 0 saturated carbocycles. The first-order chi connectivity index (χ1) is 17.0. The smallest absolute Gasteiger partial charge is 0.272 e. The van der Waals surface area contributed by atoms with E-state index in [-0.39, 0.29) is 16.8 Å². The molecule has 3 aromatic heterocycles. The van der Waals surface area contributed by atoms with Crippen molar-refractivity contribution < 1.29 is 13.9 Å². The molecule has 1 amide bonds. The Hall–Kier alpha value is -3.12. The Balaban J connectivity index is 1.56. The number of morpholine rings is 1. The normalized spacial score (nSPS) is 18.1. The number of ether oxygens (including phenoxy) is 1. The number of anilines is 1. The van der Waals surface area contributed by atoms with Gasteiger partial charge in [-0.1, -0.05) is 12.1 Å². The van der Waals surface area contributed by atoms with Crippen molar-refractivity contribution in [2.75, 3.05) is 64.4 Å². The Kier molecular flexibility index (Phi) is 5.64. The lowest BCUT2D eigenvalue weighted by Crippen LogP contribution is -2.53. The van der Waals surface area contributed by atoms with Crippen LogP contribution in [0.4, 0.5) is 10.2 Å². The second-order valence-corrected chi connectivity index (χ2v) is 9.94. The van der Waals surface area contributed by atoms with Gasteiger partial charge in [-0.25, -0.2) is 14.4 Å². The number of piperazine rings is 1. The van der Waals surface area contributed by atoms with Gasteiger partial charge < -0.3 is 14.5 Å². The zero-order chi connectivity index (χ0) is 24.1. The van der Waals surface area contributed by atoms with Crippen LogP contribution < -0.4 is 15.8 Å². The van der Waals surface area contributed by atoms with Crippen LogP contribution in [0.3, 0.4) is 0 Å². The lowest BCUT2D eigenvalue weighted by molar-refractivity contribution is 0.0663. The highest BCUT2D eigenvalue weighted by Crippen LogP contribution is 2.32. The van der Waals surface area contributed by atoms with Gasteiger partial charge in [0.25, 0.3) is 5.91 Å². The van der Waals surface area contributed by atoms with E-state index >= 15 is 4.39 Å². The van der Waals surface area contributed by atoms with E-state index in [1.54, 1.807) is 0 Å². The molecular weight excluding hydrogens is 471 g/mol. The number of hydrogen-bond acceptors (Lipinski definition) is 8. The number of amides is 1. The van der Waals surface area contributed by atoms with E-state index in [0.717, 1.165) is 23.3 Å². The summed E-state index contributed by atoms with van der Waals surface area (Å²) in [5, 5.41) is 1.92. The van der Waals surface area contributed by atoms with Gasteiger partial charge in [0.15, 0.2) is 17.3 Å². The third kappa shape index (κ3) is 3.84. The fourth-order valence-electron chi connectivity index (χ4n) is 4.71. The SMILES string of the molecule is CN1CCN(NC(=O)c2c(=O)c3cc(F)c(N4CCOCC4)nc3n3c2sc2ccccc23)CC1. The molecule has 182 valence electrons. The summed E-state index contributed by atoms with van der Waals surface area (Å²) >= 11 is 1.36. The van der Waals surface area contributed by atoms with Crippen LogP contribution in [0.15, 0.2) is 35.1 Å². The van der Waals surface area contributed by atoms with Gasteiger partial charge in [0.1, 0.15) is 10.4 Å². The number of carbonyl (C=O) groups is 1. The fraction of sp³-hybridized carbons (Fsp3) is 0.375. The number of likely N-dealkylation sites (N-methyl/N-ethyl adjacent to an activating group) is 1. The van der Waals surface area contributed by atoms with Crippen molar-refractivity contribution in [3.8, 4) is 0 Å². The molecule has 35 heavy (non-hydrogen) atoms. The van der Waals surface area contributed by atoms with E-state index in [4.69, 9.17) is 4.74 Å². The second-order valence-electron chi connectivity index (χ2n) is 8.91. The standard InChI is InChI=1S/C24H25FN6O3S/c1-28-6-8-30(9-7-28)27-23(33)19-20(32)15-14-16(25)22(29-10-12-34-13-11-29)26-21(15)31-17-4-2-3-5-18(17)35-24(19)31/h2-5,14H,6-13H2,1H3,(H,27,33). The molecule has 0 radical (unpaired) electrons. The van der Waals surface area contributed by atoms with Crippen LogP contribution >= 0.6 is 11.3 Å². The molecule has 5 heterocycles. The summed E-state index contributed by atoms with van der Waals surface area (Å²) in [6.45, 7) is 4.95. The Morgan fingerprint density at radius 1 is 1.11 bits per heavy atom. The van der Waals surface area contributed by atoms with E-state index < -0.39 is 17.2 Å². The summed E-state index contributed by atoms with van der Waals surface area (Å²) in [5.74, 6) is -0.872. The molecule has 0 atom stereocenters. The molecule has 9 nitrogen and oxygen atoms in total. The first-order valence-corrected chi connectivity index (χ1v) is 12.5. The van der Waals surface area contributed by atoms with Crippen molar-refractivity contribution in [1.82, 2.24) is 24.7 Å². The van der Waals surface area contributed by atoms with Crippen LogP contribution in [0.25, 0.3) is 26.1 Å². The Morgan fingerprint density at radius 2 is 1.86 bits per heavy atom. The highest BCUT2D eigenvalue weighted by Gasteiger charge is 2.27. The molecule has 0 unspecified atom stereocenters. The molecule has 1 N–H and O–H groups in total. The minimum Gasteiger partial charge on any atom is -0.378 e. The lowest BCUT2D eigenvalue weighted by Gasteiger charge is -2.32. The van der Waals surface area contributed by atoms with Gasteiger partial charge in [-0.15, -0.1) is 11.3 Å². The maximum atomic E-state index is 15.3. The second kappa shape index (κ2) is 8.83. The predicted octanol–water partition coefficient (Wildman–Crippen LogP) is 1.93. The number of benzene rings is 1. The van der Waals surface area contributed by atoms with Crippen LogP contribution in [-0.4, -0.2) is 84.7 Å². The summed E-state index contributed by atoms with van der Waals surface area (Å²) in [6, 6.07) is 8.90. The summed E-state index contributed by atoms with van der Waals surface area (Å²) in [4.78, 5) is 36.3. The summed E-state index contributed by atoms with van der Waals surface area (Å²) < 4.78 is 23.4. The van der Waals surface area contributed by atoms with E-state index in [1.807, 2.05) is 45.6 Å². The van der Waals surface area contributed by atoms with Crippen LogP contribution in [0.2, 0.25) is 0 Å². The van der Waals surface area contributed by atoms with Gasteiger partial charge in [-0.05, 0) is 25.2 Å². The van der Waals surface area contributed by atoms with Gasteiger partial charge in [0, 0.05) is 39.3 Å². The summed E-state index contributed by atoms with van der Waals surface area (Å²) in [5.41, 5.74) is 3.56. The molecule has 0 bridgehead atoms. The number of aromatic nitrogens is 2. The highest BCUT2D eigenvalue weighted by molar-refractivity contribution is 7.24. The molecular formula is C24H25FN6O3S. The largest absolute Gasteiger partial charge is 0.378 e. The van der Waals surface area contributed by atoms with Gasteiger partial charge >= 0.3 is 0 Å². The zero-order valence-electron chi connectivity index (χ0n) is 19.3. The predicted molar refractivity (Wildman–Crippen MR) is 134 cm³/mol. The van der Waals surface area contributed by atoms with Crippen molar-refractivity contribution in [3.63, 3.8) is 0 Å². The molecule has 0 aliphatic carbocycles. The molecule has 4 aromatic rings. The van der Waals surface area contributed by atoms with Gasteiger partial charge in [0.05, 0.1) is 28.8 Å². The number of pyridine rings is 2. The van der Waals surface area contributed by atoms with Gasteiger partial charge in [-0.2, -0.15) is 0 Å². The van der Waals surface area contributed by atoms with E-state index in [1.165, 1.54) is 17.4 Å². The van der Waals surface area contributed by atoms with Crippen LogP contribution in [0, 0.1) is 5.82 Å². The number of nitrogens with one attached hydrogen (secondary N) is 1. The Morgan fingerprint density at radius 3 is 2.63 bits per heavy atom. The minimum absolute atomic E-state index is 0.0120. The monoisotopic (exact) mass is 496 g/mol. The zero-order valence-corrected chi connectivity index (χ0v) is 20.1. The first kappa shape index (κ1) is 22.4. The molecule has 2 saturated heterocycles. The van der Waals surface area contributed by atoms with Crippen molar-refractivity contribution in [1.29, 1.82) is 0 Å². The number of hydrogen-bond donors (Lipinski definition) is 1. The number of halogens is 1. The van der Waals surface area contributed by atoms with Crippen molar-refractivity contribution in [2.45, 2.75) is 0 Å². The maximum absolute atomic E-state index is 15.3. The third-order valence-corrected chi connectivity index (χ3v) is 7.80. The molecule has 2 aliphatic heterocycles. The van der Waals surface area contributed by atoms with E-state index in [2.05, 4.69) is 15.3 Å². The van der Waals surface area contributed by atoms with Crippen molar-refractivity contribution in [3.05, 3.63) is 51.9 Å². The molecule has 1 aromatic carbocycles. The minimum atomic E-state index is -0.582. The Labute approximate surface area is 204 Å². The summed E-state index contributed by atoms with van der Waals surface area (Å²) in [7, 11) is 2.03. The number of hydrazine groups is 1. The maximum Gasteiger partial charge on any atom is 0.272 e. The number of thiazole rings is 1. The topological polar surface area (TPSA) is 82.4 Å². The molecule has 2 aliphatic rings. The molecule has 6 rings (SSSR count). The Bertz CT molecular complexity index is 1500. The number of rotatable bonds is 3. The fourth-order valence-corrected chi connectivity index (χ4v) is 5.90. The number of nitrogens with zero attached hydrogens (tertiary/aromatic N) is 5. The summed E-state index contributed by atoms with van der Waals surface area (Å²) in [6.07, 6.45) is 0. The van der Waals surface area contributed by atoms with Crippen LogP contribution in [-0.2, 0) is 4.74 Å². The van der Waals surface area contributed by atoms with Gasteiger partial charge in [0.2, 0.25) is 5.43 Å². The van der Waals surface area contributed by atoms with Crippen LogP contribution in [0.1, 0.15) is 10.4 Å². The first-order valence-electron chi connectivity index (χ1n) is 11.6. The van der Waals surface area contributed by atoms with Crippen molar-refractivity contribution >= 4 is 49.1 Å². The average Bonchev–Trinajstić information content (AvgIpc) is 3.25. The number of para-hydroxylation sites is 1.